The van der Waals surface area contributed by atoms with E-state index in [4.69, 9.17) is 9.72 Å². The Balaban J connectivity index is 1.10. The van der Waals surface area contributed by atoms with Crippen molar-refractivity contribution in [2.24, 2.45) is 0 Å². The van der Waals surface area contributed by atoms with Crippen molar-refractivity contribution in [2.45, 2.75) is 130 Å². The zero-order chi connectivity index (χ0) is 53.2. The molecule has 1 aliphatic rings. The minimum atomic E-state index is -0.259. The van der Waals surface area contributed by atoms with Gasteiger partial charge >= 0.3 is 0 Å². The first-order chi connectivity index (χ1) is 35.6. The van der Waals surface area contributed by atoms with E-state index in [1.807, 2.05) is 6.20 Å². The molecule has 0 bridgehead atoms. The molecule has 0 amide bonds. The lowest BCUT2D eigenvalue weighted by Crippen LogP contribution is -2.28. The molecular formula is C70H76N4O. The van der Waals surface area contributed by atoms with E-state index in [9.17, 15) is 0 Å². The zero-order valence-electron chi connectivity index (χ0n) is 46.9. The molecule has 0 radical (unpaired) electrons. The van der Waals surface area contributed by atoms with E-state index in [2.05, 4.69) is 287 Å². The van der Waals surface area contributed by atoms with E-state index < -0.39 is 0 Å². The van der Waals surface area contributed by atoms with E-state index in [0.29, 0.717) is 18.5 Å². The van der Waals surface area contributed by atoms with Gasteiger partial charge in [0.15, 0.2) is 0 Å². The van der Waals surface area contributed by atoms with Crippen LogP contribution in [0.5, 0.6) is 11.5 Å². The predicted molar refractivity (Wildman–Crippen MR) is 318 cm³/mol. The first kappa shape index (κ1) is 51.1. The quantitative estimate of drug-likeness (QED) is 0.122. The van der Waals surface area contributed by atoms with Crippen LogP contribution in [-0.4, -0.2) is 16.2 Å². The third kappa shape index (κ3) is 9.79. The average Bonchev–Trinajstić information content (AvgIpc) is 3.98. The van der Waals surface area contributed by atoms with Crippen LogP contribution in [-0.2, 0) is 21.7 Å². The largest absolute Gasteiger partial charge is 0.457 e. The van der Waals surface area contributed by atoms with Crippen molar-refractivity contribution < 1.29 is 4.74 Å². The van der Waals surface area contributed by atoms with Crippen LogP contribution in [0, 0.1) is 0 Å². The van der Waals surface area contributed by atoms with Crippen molar-refractivity contribution >= 4 is 38.9 Å². The zero-order valence-corrected chi connectivity index (χ0v) is 46.9. The molecule has 9 aromatic rings. The molecule has 2 aromatic heterocycles. The summed E-state index contributed by atoms with van der Waals surface area (Å²) in [5.74, 6) is 3.07. The lowest BCUT2D eigenvalue weighted by Gasteiger charge is -2.33. The highest BCUT2D eigenvalue weighted by molar-refractivity contribution is 6.10. The van der Waals surface area contributed by atoms with Gasteiger partial charge in [-0.15, -0.1) is 0 Å². The minimum absolute atomic E-state index is 0.00127. The van der Waals surface area contributed by atoms with Gasteiger partial charge in [-0.05, 0) is 128 Å². The smallest absolute Gasteiger partial charge is 0.137 e. The number of anilines is 2. The Morgan fingerprint density at radius 2 is 1.03 bits per heavy atom. The van der Waals surface area contributed by atoms with Crippen molar-refractivity contribution in [2.75, 3.05) is 16.5 Å². The van der Waals surface area contributed by atoms with E-state index in [1.54, 1.807) is 0 Å². The molecule has 0 N–H and O–H groups in total. The van der Waals surface area contributed by atoms with E-state index in [0.717, 1.165) is 39.7 Å². The summed E-state index contributed by atoms with van der Waals surface area (Å²) in [5.41, 5.74) is 16.7. The van der Waals surface area contributed by atoms with E-state index in [-0.39, 0.29) is 21.7 Å². The lowest BCUT2D eigenvalue weighted by molar-refractivity contribution is 0.483. The van der Waals surface area contributed by atoms with Crippen LogP contribution >= 0.6 is 0 Å². The molecular weight excluding hydrogens is 913 g/mol. The van der Waals surface area contributed by atoms with Gasteiger partial charge in [-0.3, -0.25) is 4.57 Å². The second-order valence-corrected chi connectivity index (χ2v) is 24.7. The van der Waals surface area contributed by atoms with Crippen molar-refractivity contribution in [3.63, 3.8) is 0 Å². The molecule has 0 fully saturated rings. The Bertz CT molecular complexity index is 3480. The van der Waals surface area contributed by atoms with E-state index >= 15 is 0 Å². The van der Waals surface area contributed by atoms with Gasteiger partial charge in [0.2, 0.25) is 0 Å². The van der Waals surface area contributed by atoms with Crippen molar-refractivity contribution in [3.8, 4) is 17.3 Å². The molecule has 75 heavy (non-hydrogen) atoms. The molecule has 5 heteroatoms. The van der Waals surface area contributed by atoms with Gasteiger partial charge < -0.3 is 14.5 Å². The monoisotopic (exact) mass is 989 g/mol. The molecule has 382 valence electrons. The normalized spacial score (nSPS) is 13.7. The Kier molecular flexibility index (Phi) is 13.2. The number of hydrogen-bond donors (Lipinski definition) is 0. The summed E-state index contributed by atoms with van der Waals surface area (Å²) in [6, 6.07) is 62.6. The molecule has 0 atom stereocenters. The van der Waals surface area contributed by atoms with Gasteiger partial charge in [0.25, 0.3) is 0 Å². The maximum absolute atomic E-state index is 7.00. The van der Waals surface area contributed by atoms with Crippen LogP contribution in [0.15, 0.2) is 182 Å². The number of benzene rings is 7. The van der Waals surface area contributed by atoms with Gasteiger partial charge in [0.1, 0.15) is 17.3 Å². The summed E-state index contributed by atoms with van der Waals surface area (Å²) < 4.78 is 9.31. The molecule has 5 nitrogen and oxygen atoms in total. The topological polar surface area (TPSA) is 33.5 Å². The summed E-state index contributed by atoms with van der Waals surface area (Å²) in [4.78, 5) is 9.97. The van der Waals surface area contributed by atoms with Gasteiger partial charge in [-0.25, -0.2) is 4.98 Å². The van der Waals surface area contributed by atoms with Crippen LogP contribution in [0.3, 0.4) is 0 Å². The summed E-state index contributed by atoms with van der Waals surface area (Å²) in [5, 5.41) is 2.38. The maximum Gasteiger partial charge on any atom is 0.137 e. The third-order valence-electron chi connectivity index (χ3n) is 16.0. The molecule has 0 saturated heterocycles. The van der Waals surface area contributed by atoms with Gasteiger partial charge in [-0.1, -0.05) is 194 Å². The van der Waals surface area contributed by atoms with E-state index in [1.165, 1.54) is 66.5 Å². The van der Waals surface area contributed by atoms with Crippen LogP contribution in [0.4, 0.5) is 11.4 Å². The predicted octanol–water partition coefficient (Wildman–Crippen LogP) is 18.7. The molecule has 10 rings (SSSR count). The Morgan fingerprint density at radius 3 is 1.61 bits per heavy atom. The number of ether oxygens (including phenoxy) is 1. The number of aromatic nitrogens is 2. The Morgan fingerprint density at radius 1 is 0.453 bits per heavy atom. The summed E-state index contributed by atoms with van der Waals surface area (Å²) >= 11 is 0. The minimum Gasteiger partial charge on any atom is -0.457 e. The highest BCUT2D eigenvalue weighted by Gasteiger charge is 2.34. The SMILES string of the molecule is CC(C)c1cccc(C(C)C)c1C1=CN(c2cc(C(C)(C)c3ccccc3)cc(C(C)(C)c3ccccc3)c2)CN1c1cccc(Oc2ccc3c4cc(C(C)(C)C)ccc4n(-c4cc(C(C)(C)C)ccn4)c3c2)c1. The molecule has 0 spiro atoms. The maximum atomic E-state index is 7.00. The Hall–Kier alpha value is -7.37. The standard InChI is InChI=1S/C70H76N4O/c1-46(2)58-29-22-30-59(47(3)4)66(58)64-44-72(55-38-52(69(11,12)48-23-17-15-18-24-48)37-53(39-55)70(13,14)49-25-19-16-20-26-49)45-73(64)54-27-21-28-56(42-54)75-57-32-33-60-61-40-50(67(5,6)7)31-34-62(61)74(63(60)43-57)65-41-51(35-36-71-65)68(8,9)10/h15-44,46-47H,45H2,1-14H3. The van der Waals surface area contributed by atoms with Crippen LogP contribution in [0.25, 0.3) is 33.3 Å². The fourth-order valence-electron chi connectivity index (χ4n) is 11.1. The summed E-state index contributed by atoms with van der Waals surface area (Å²) in [6.45, 7) is 32.9. The van der Waals surface area contributed by atoms with Gasteiger partial charge in [0.05, 0.1) is 23.4 Å². The number of nitrogens with zero attached hydrogens (tertiary/aromatic N) is 4. The third-order valence-corrected chi connectivity index (χ3v) is 16.0. The number of hydrogen-bond acceptors (Lipinski definition) is 4. The summed E-state index contributed by atoms with van der Waals surface area (Å²) in [6.07, 6.45) is 4.36. The molecule has 3 heterocycles. The van der Waals surface area contributed by atoms with Crippen LogP contribution in [0.2, 0.25) is 0 Å². The number of fused-ring (bicyclic) bond motifs is 3. The molecule has 0 saturated carbocycles. The highest BCUT2D eigenvalue weighted by atomic mass is 16.5. The highest BCUT2D eigenvalue weighted by Crippen LogP contribution is 2.45. The number of rotatable bonds is 12. The summed E-state index contributed by atoms with van der Waals surface area (Å²) in [7, 11) is 0. The molecule has 0 aliphatic carbocycles. The fourth-order valence-corrected chi connectivity index (χ4v) is 11.1. The van der Waals surface area contributed by atoms with Crippen molar-refractivity contribution in [3.05, 3.63) is 232 Å². The first-order valence-electron chi connectivity index (χ1n) is 27.1. The Labute approximate surface area is 447 Å². The average molecular weight is 989 g/mol. The molecule has 7 aromatic carbocycles. The first-order valence-corrected chi connectivity index (χ1v) is 27.1. The van der Waals surface area contributed by atoms with Gasteiger partial charge in [-0.2, -0.15) is 0 Å². The molecule has 0 unspecified atom stereocenters. The van der Waals surface area contributed by atoms with Crippen molar-refractivity contribution in [1.82, 2.24) is 9.55 Å². The van der Waals surface area contributed by atoms with Crippen LogP contribution < -0.4 is 14.5 Å². The van der Waals surface area contributed by atoms with Crippen LogP contribution in [0.1, 0.15) is 159 Å². The number of pyridine rings is 1. The molecule has 1 aliphatic heterocycles. The second kappa shape index (κ2) is 19.4. The van der Waals surface area contributed by atoms with Gasteiger partial charge in [0, 0.05) is 63.1 Å². The lowest BCUT2D eigenvalue weighted by atomic mass is 9.73. The second-order valence-electron chi connectivity index (χ2n) is 24.7. The van der Waals surface area contributed by atoms with Crippen molar-refractivity contribution in [1.29, 1.82) is 0 Å². The fraction of sp³-hybridized carbons (Fsp3) is 0.300.